The van der Waals surface area contributed by atoms with E-state index in [0.717, 1.165) is 6.42 Å². The van der Waals surface area contributed by atoms with E-state index in [-0.39, 0.29) is 18.3 Å². The van der Waals surface area contributed by atoms with Crippen molar-refractivity contribution >= 4 is 11.8 Å². The summed E-state index contributed by atoms with van der Waals surface area (Å²) in [4.78, 5) is 17.1. The maximum atomic E-state index is 14.6. The van der Waals surface area contributed by atoms with Gasteiger partial charge in [-0.2, -0.15) is 0 Å². The van der Waals surface area contributed by atoms with Crippen molar-refractivity contribution in [1.29, 1.82) is 0 Å². The Hall–Kier alpha value is -3.19. The Morgan fingerprint density at radius 2 is 1.81 bits per heavy atom. The van der Waals surface area contributed by atoms with Gasteiger partial charge in [0.2, 0.25) is 5.88 Å². The van der Waals surface area contributed by atoms with E-state index in [1.54, 1.807) is 35.2 Å². The van der Waals surface area contributed by atoms with E-state index in [1.807, 2.05) is 30.0 Å². The lowest BCUT2D eigenvalue weighted by Crippen LogP contribution is -2.37. The van der Waals surface area contributed by atoms with Gasteiger partial charge in [0.25, 0.3) is 5.91 Å². The molecule has 1 saturated heterocycles. The number of carbonyl (C=O) groups is 1. The van der Waals surface area contributed by atoms with Crippen LogP contribution in [0.4, 0.5) is 10.3 Å². The van der Waals surface area contributed by atoms with Crippen molar-refractivity contribution in [3.05, 3.63) is 71.5 Å². The van der Waals surface area contributed by atoms with Gasteiger partial charge >= 0.3 is 0 Å². The fourth-order valence-corrected chi connectivity index (χ4v) is 3.80. The Kier molecular flexibility index (Phi) is 6.62. The molecule has 1 aliphatic rings. The van der Waals surface area contributed by atoms with Crippen molar-refractivity contribution in [3.63, 3.8) is 0 Å². The number of aromatic nitrogens is 1. The molecule has 7 heteroatoms. The highest BCUT2D eigenvalue weighted by Gasteiger charge is 2.28. The van der Waals surface area contributed by atoms with Crippen molar-refractivity contribution in [2.75, 3.05) is 37.7 Å². The Morgan fingerprint density at radius 1 is 1.10 bits per heavy atom. The van der Waals surface area contributed by atoms with Gasteiger partial charge in [0, 0.05) is 30.8 Å². The normalized spacial score (nSPS) is 13.9. The molecule has 3 aromatic rings. The molecule has 0 spiro atoms. The van der Waals surface area contributed by atoms with Crippen molar-refractivity contribution in [2.24, 2.45) is 0 Å². The summed E-state index contributed by atoms with van der Waals surface area (Å²) >= 11 is 0. The second kappa shape index (κ2) is 9.75. The monoisotopic (exact) mass is 423 g/mol. The molecule has 0 saturated carbocycles. The molecule has 0 aliphatic carbocycles. The first-order valence-corrected chi connectivity index (χ1v) is 10.6. The minimum atomic E-state index is -0.373. The molecule has 162 valence electrons. The third-order valence-corrected chi connectivity index (χ3v) is 5.35. The number of morpholine rings is 1. The number of anilines is 1. The predicted octanol–water partition coefficient (Wildman–Crippen LogP) is 4.37. The predicted molar refractivity (Wildman–Crippen MR) is 116 cm³/mol. The van der Waals surface area contributed by atoms with Gasteiger partial charge in [-0.25, -0.2) is 4.39 Å². The molecule has 0 unspecified atom stereocenters. The van der Waals surface area contributed by atoms with Crippen molar-refractivity contribution in [2.45, 2.75) is 19.9 Å². The third kappa shape index (κ3) is 4.61. The zero-order valence-electron chi connectivity index (χ0n) is 17.6. The highest BCUT2D eigenvalue weighted by atomic mass is 19.1. The van der Waals surface area contributed by atoms with Crippen molar-refractivity contribution < 1.29 is 18.4 Å². The third-order valence-electron chi connectivity index (χ3n) is 5.35. The zero-order chi connectivity index (χ0) is 21.6. The van der Waals surface area contributed by atoms with Gasteiger partial charge in [0.15, 0.2) is 0 Å². The summed E-state index contributed by atoms with van der Waals surface area (Å²) in [6, 6.07) is 15.7. The molecule has 1 aliphatic heterocycles. The number of amides is 1. The molecule has 0 atom stereocenters. The Labute approximate surface area is 181 Å². The molecule has 6 nitrogen and oxygen atoms in total. The number of halogens is 1. The van der Waals surface area contributed by atoms with E-state index in [1.165, 1.54) is 6.07 Å². The van der Waals surface area contributed by atoms with Gasteiger partial charge in [0.1, 0.15) is 11.5 Å². The van der Waals surface area contributed by atoms with E-state index >= 15 is 0 Å². The number of hydrogen-bond donors (Lipinski definition) is 0. The summed E-state index contributed by atoms with van der Waals surface area (Å²) in [7, 11) is 0. The number of carbonyl (C=O) groups excluding carboxylic acids is 1. The summed E-state index contributed by atoms with van der Waals surface area (Å²) in [6.07, 6.45) is 0.797. The van der Waals surface area contributed by atoms with E-state index in [0.29, 0.717) is 61.1 Å². The maximum Gasteiger partial charge on any atom is 0.254 e. The fourth-order valence-electron chi connectivity index (χ4n) is 3.80. The standard InChI is InChI=1S/C24H26FN3O3/c1-2-12-28(23(29)18-8-4-3-5-9-18)17-20-22(19-10-6-7-11-21(19)25)26-31-24(20)27-13-15-30-16-14-27/h3-11H,2,12-17H2,1H3. The number of rotatable bonds is 7. The lowest BCUT2D eigenvalue weighted by Gasteiger charge is -2.28. The van der Waals surface area contributed by atoms with E-state index in [9.17, 15) is 9.18 Å². The van der Waals surface area contributed by atoms with Crippen LogP contribution in [0.5, 0.6) is 0 Å². The largest absolute Gasteiger partial charge is 0.378 e. The van der Waals surface area contributed by atoms with Crippen LogP contribution >= 0.6 is 0 Å². The molecule has 0 radical (unpaired) electrons. The topological polar surface area (TPSA) is 58.8 Å². The summed E-state index contributed by atoms with van der Waals surface area (Å²) in [6.45, 7) is 5.34. The second-order valence-corrected chi connectivity index (χ2v) is 7.49. The van der Waals surface area contributed by atoms with Gasteiger partial charge in [0.05, 0.1) is 25.3 Å². The summed E-state index contributed by atoms with van der Waals surface area (Å²) in [5, 5.41) is 4.23. The zero-order valence-corrected chi connectivity index (χ0v) is 17.6. The molecular weight excluding hydrogens is 397 g/mol. The molecule has 0 bridgehead atoms. The molecule has 0 N–H and O–H groups in total. The summed E-state index contributed by atoms with van der Waals surface area (Å²) < 4.78 is 25.8. The number of benzene rings is 2. The minimum Gasteiger partial charge on any atom is -0.378 e. The van der Waals surface area contributed by atoms with Gasteiger partial charge in [-0.15, -0.1) is 0 Å². The van der Waals surface area contributed by atoms with Gasteiger partial charge < -0.3 is 19.1 Å². The first kappa shape index (κ1) is 21.1. The Balaban J connectivity index is 1.74. The molecule has 2 heterocycles. The number of ether oxygens (including phenoxy) is 1. The average Bonchev–Trinajstić information content (AvgIpc) is 3.23. The van der Waals surface area contributed by atoms with Crippen LogP contribution in [0.2, 0.25) is 0 Å². The van der Waals surface area contributed by atoms with Gasteiger partial charge in [-0.05, 0) is 30.7 Å². The minimum absolute atomic E-state index is 0.0731. The van der Waals surface area contributed by atoms with Crippen LogP contribution in [-0.4, -0.2) is 48.8 Å². The van der Waals surface area contributed by atoms with Gasteiger partial charge in [-0.3, -0.25) is 4.79 Å². The molecule has 1 aromatic heterocycles. The lowest BCUT2D eigenvalue weighted by molar-refractivity contribution is 0.0743. The van der Waals surface area contributed by atoms with Crippen molar-refractivity contribution in [3.8, 4) is 11.3 Å². The smallest absolute Gasteiger partial charge is 0.254 e. The highest BCUT2D eigenvalue weighted by molar-refractivity contribution is 5.94. The van der Waals surface area contributed by atoms with Crippen LogP contribution in [0.3, 0.4) is 0 Å². The average molecular weight is 423 g/mol. The SMILES string of the molecule is CCCN(Cc1c(-c2ccccc2F)noc1N1CCOCC1)C(=O)c1ccccc1. The van der Waals surface area contributed by atoms with Crippen LogP contribution < -0.4 is 4.90 Å². The van der Waals surface area contributed by atoms with Crippen molar-refractivity contribution in [1.82, 2.24) is 10.1 Å². The quantitative estimate of drug-likeness (QED) is 0.565. The van der Waals surface area contributed by atoms with Gasteiger partial charge in [-0.1, -0.05) is 42.4 Å². The molecular formula is C24H26FN3O3. The Bertz CT molecular complexity index is 1020. The first-order chi connectivity index (χ1) is 15.2. The van der Waals surface area contributed by atoms with Crippen LogP contribution in [0.25, 0.3) is 11.3 Å². The number of nitrogens with zero attached hydrogens (tertiary/aromatic N) is 3. The lowest BCUT2D eigenvalue weighted by atomic mass is 10.1. The summed E-state index contributed by atoms with van der Waals surface area (Å²) in [5.41, 5.74) is 2.13. The molecule has 1 fully saturated rings. The summed E-state index contributed by atoms with van der Waals surface area (Å²) in [5.74, 6) is 0.126. The second-order valence-electron chi connectivity index (χ2n) is 7.49. The van der Waals surface area contributed by atoms with Crippen LogP contribution in [-0.2, 0) is 11.3 Å². The maximum absolute atomic E-state index is 14.6. The molecule has 4 rings (SSSR count). The van der Waals surface area contributed by atoms with E-state index in [2.05, 4.69) is 5.16 Å². The van der Waals surface area contributed by atoms with Crippen LogP contribution in [0.1, 0.15) is 29.3 Å². The molecule has 31 heavy (non-hydrogen) atoms. The number of hydrogen-bond acceptors (Lipinski definition) is 5. The first-order valence-electron chi connectivity index (χ1n) is 10.6. The molecule has 1 amide bonds. The molecule has 2 aromatic carbocycles. The van der Waals surface area contributed by atoms with Crippen LogP contribution in [0, 0.1) is 5.82 Å². The Morgan fingerprint density at radius 3 is 2.52 bits per heavy atom. The fraction of sp³-hybridized carbons (Fsp3) is 0.333. The van der Waals surface area contributed by atoms with E-state index in [4.69, 9.17) is 9.26 Å². The van der Waals surface area contributed by atoms with Crippen LogP contribution in [0.15, 0.2) is 59.1 Å². The highest BCUT2D eigenvalue weighted by Crippen LogP contribution is 2.34. The van der Waals surface area contributed by atoms with E-state index < -0.39 is 0 Å².